The Hall–Kier alpha value is -2.12. The summed E-state index contributed by atoms with van der Waals surface area (Å²) in [4.78, 5) is 25.9. The molecule has 2 unspecified atom stereocenters. The first-order chi connectivity index (χ1) is 12.6. The van der Waals surface area contributed by atoms with E-state index in [1.807, 2.05) is 42.2 Å². The maximum Gasteiger partial charge on any atom is 0.307 e. The number of aliphatic hydroxyl groups excluding tert-OH is 1. The first-order valence-corrected chi connectivity index (χ1v) is 9.13. The number of aliphatic hydroxyl groups is 1. The molecule has 0 bridgehead atoms. The van der Waals surface area contributed by atoms with Crippen molar-refractivity contribution in [2.75, 3.05) is 32.8 Å². The zero-order chi connectivity index (χ0) is 18.8. The van der Waals surface area contributed by atoms with Crippen molar-refractivity contribution in [3.63, 3.8) is 0 Å². The molecule has 144 valence electrons. The third-order valence-corrected chi connectivity index (χ3v) is 4.19. The first kappa shape index (κ1) is 20.2. The Morgan fingerprint density at radius 2 is 2.15 bits per heavy atom. The molecule has 2 atom stereocenters. The van der Waals surface area contributed by atoms with Gasteiger partial charge >= 0.3 is 5.97 Å². The molecular weight excluding hydrogens is 336 g/mol. The van der Waals surface area contributed by atoms with Crippen LogP contribution in [-0.2, 0) is 14.3 Å². The number of unbranched alkanes of at least 4 members (excludes halogenated alkanes) is 1. The minimum Gasteiger partial charge on any atom is -0.491 e. The summed E-state index contributed by atoms with van der Waals surface area (Å²) in [5, 5.41) is 13.0. The van der Waals surface area contributed by atoms with Crippen LogP contribution < -0.4 is 10.1 Å². The van der Waals surface area contributed by atoms with Crippen molar-refractivity contribution in [3.05, 3.63) is 30.3 Å². The number of amides is 1. The van der Waals surface area contributed by atoms with Gasteiger partial charge in [-0.2, -0.15) is 0 Å². The van der Waals surface area contributed by atoms with E-state index in [1.54, 1.807) is 0 Å². The van der Waals surface area contributed by atoms with Crippen LogP contribution in [0.2, 0.25) is 0 Å². The summed E-state index contributed by atoms with van der Waals surface area (Å²) in [7, 11) is 0. The van der Waals surface area contributed by atoms with Gasteiger partial charge in [0, 0.05) is 19.6 Å². The Balaban J connectivity index is 1.83. The highest BCUT2D eigenvalue weighted by Gasteiger charge is 2.33. The fourth-order valence-electron chi connectivity index (χ4n) is 2.78. The fourth-order valence-corrected chi connectivity index (χ4v) is 2.78. The van der Waals surface area contributed by atoms with Crippen LogP contribution in [-0.4, -0.2) is 66.9 Å². The third-order valence-electron chi connectivity index (χ3n) is 4.19. The van der Waals surface area contributed by atoms with Gasteiger partial charge in [-0.15, -0.1) is 0 Å². The molecule has 1 fully saturated rings. The number of β-amino-alcohol motifs (C(OH)–C–C–N with tert-alkyl or cyclic N) is 1. The number of hydrogen-bond donors (Lipinski definition) is 2. The van der Waals surface area contributed by atoms with Crippen molar-refractivity contribution >= 4 is 11.9 Å². The number of rotatable bonds is 10. The van der Waals surface area contributed by atoms with Gasteiger partial charge in [0.2, 0.25) is 5.91 Å². The molecule has 0 aromatic heterocycles. The summed E-state index contributed by atoms with van der Waals surface area (Å²) in [5.41, 5.74) is 0. The largest absolute Gasteiger partial charge is 0.491 e. The number of carbonyl (C=O) groups is 2. The van der Waals surface area contributed by atoms with Crippen LogP contribution in [0.5, 0.6) is 5.75 Å². The van der Waals surface area contributed by atoms with E-state index in [0.717, 1.165) is 12.8 Å². The van der Waals surface area contributed by atoms with Gasteiger partial charge in [0.1, 0.15) is 18.5 Å². The van der Waals surface area contributed by atoms with Crippen LogP contribution >= 0.6 is 0 Å². The Bertz CT molecular complexity index is 566. The number of para-hydroxylation sites is 1. The number of carbonyl (C=O) groups excluding carboxylic acids is 2. The number of nitrogens with zero attached hydrogens (tertiary/aromatic N) is 1. The van der Waals surface area contributed by atoms with Crippen LogP contribution in [0.3, 0.4) is 0 Å². The maximum atomic E-state index is 12.2. The lowest BCUT2D eigenvalue weighted by atomic mass is 10.1. The predicted molar refractivity (Wildman–Crippen MR) is 96.8 cm³/mol. The molecule has 0 spiro atoms. The average molecular weight is 364 g/mol. The van der Waals surface area contributed by atoms with Crippen LogP contribution in [0.4, 0.5) is 0 Å². The second-order valence-corrected chi connectivity index (χ2v) is 6.36. The molecule has 1 amide bonds. The third kappa shape index (κ3) is 6.65. The zero-order valence-corrected chi connectivity index (χ0v) is 15.2. The lowest BCUT2D eigenvalue weighted by Crippen LogP contribution is -2.57. The maximum absolute atomic E-state index is 12.2. The Morgan fingerprint density at radius 3 is 2.88 bits per heavy atom. The molecular formula is C19H28N2O5. The van der Waals surface area contributed by atoms with Crippen molar-refractivity contribution < 1.29 is 24.2 Å². The second kappa shape index (κ2) is 10.8. The molecule has 1 heterocycles. The molecule has 0 radical (unpaired) electrons. The molecule has 7 nitrogen and oxygen atoms in total. The summed E-state index contributed by atoms with van der Waals surface area (Å²) >= 11 is 0. The van der Waals surface area contributed by atoms with Crippen LogP contribution in [0, 0.1) is 0 Å². The van der Waals surface area contributed by atoms with Gasteiger partial charge in [-0.05, 0) is 18.6 Å². The van der Waals surface area contributed by atoms with Crippen molar-refractivity contribution in [2.24, 2.45) is 0 Å². The highest BCUT2D eigenvalue weighted by molar-refractivity contribution is 5.87. The summed E-state index contributed by atoms with van der Waals surface area (Å²) in [6.45, 7) is 3.83. The van der Waals surface area contributed by atoms with E-state index in [0.29, 0.717) is 25.4 Å². The van der Waals surface area contributed by atoms with Gasteiger partial charge < -0.3 is 19.9 Å². The summed E-state index contributed by atoms with van der Waals surface area (Å²) < 4.78 is 10.7. The van der Waals surface area contributed by atoms with Gasteiger partial charge in [-0.25, -0.2) is 0 Å². The van der Waals surface area contributed by atoms with E-state index in [4.69, 9.17) is 9.47 Å². The van der Waals surface area contributed by atoms with Crippen LogP contribution in [0.15, 0.2) is 30.3 Å². The number of esters is 1. The van der Waals surface area contributed by atoms with Crippen molar-refractivity contribution in [1.82, 2.24) is 10.2 Å². The Labute approximate surface area is 154 Å². The van der Waals surface area contributed by atoms with E-state index in [1.165, 1.54) is 0 Å². The monoisotopic (exact) mass is 364 g/mol. The Kier molecular flexibility index (Phi) is 8.37. The molecule has 0 saturated carbocycles. The standard InChI is InChI=1S/C19H28N2O5/c1-2-3-11-25-18(23)12-17-19(24)20-9-10-21(17)13-15(22)14-26-16-7-5-4-6-8-16/h4-8,15,17,22H,2-3,9-14H2,1H3,(H,20,24). The van der Waals surface area contributed by atoms with E-state index in [-0.39, 0.29) is 31.4 Å². The lowest BCUT2D eigenvalue weighted by Gasteiger charge is -2.35. The number of benzene rings is 1. The van der Waals surface area contributed by atoms with Gasteiger partial charge in [-0.3, -0.25) is 14.5 Å². The summed E-state index contributed by atoms with van der Waals surface area (Å²) in [6.07, 6.45) is 0.973. The molecule has 2 N–H and O–H groups in total. The SMILES string of the molecule is CCCCOC(=O)CC1C(=O)NCCN1CC(O)COc1ccccc1. The number of ether oxygens (including phenoxy) is 2. The molecule has 1 aromatic rings. The summed E-state index contributed by atoms with van der Waals surface area (Å²) in [6, 6.07) is 8.61. The first-order valence-electron chi connectivity index (χ1n) is 9.13. The lowest BCUT2D eigenvalue weighted by molar-refractivity contribution is -0.149. The molecule has 2 rings (SSSR count). The highest BCUT2D eigenvalue weighted by Crippen LogP contribution is 2.13. The molecule has 26 heavy (non-hydrogen) atoms. The van der Waals surface area contributed by atoms with E-state index in [9.17, 15) is 14.7 Å². The van der Waals surface area contributed by atoms with Gasteiger partial charge in [0.05, 0.1) is 19.1 Å². The molecule has 7 heteroatoms. The average Bonchev–Trinajstić information content (AvgIpc) is 2.64. The smallest absolute Gasteiger partial charge is 0.307 e. The fraction of sp³-hybridized carbons (Fsp3) is 0.579. The van der Waals surface area contributed by atoms with Crippen LogP contribution in [0.1, 0.15) is 26.2 Å². The van der Waals surface area contributed by atoms with Crippen molar-refractivity contribution in [1.29, 1.82) is 0 Å². The van der Waals surface area contributed by atoms with Gasteiger partial charge in [0.15, 0.2) is 0 Å². The number of nitrogens with one attached hydrogen (secondary N) is 1. The van der Waals surface area contributed by atoms with E-state index in [2.05, 4.69) is 5.32 Å². The Morgan fingerprint density at radius 1 is 1.38 bits per heavy atom. The zero-order valence-electron chi connectivity index (χ0n) is 15.2. The van der Waals surface area contributed by atoms with Crippen molar-refractivity contribution in [3.8, 4) is 5.75 Å². The molecule has 1 aromatic carbocycles. The molecule has 1 saturated heterocycles. The molecule has 0 aliphatic carbocycles. The van der Waals surface area contributed by atoms with Crippen molar-refractivity contribution in [2.45, 2.75) is 38.3 Å². The number of piperazine rings is 1. The van der Waals surface area contributed by atoms with Gasteiger partial charge in [-0.1, -0.05) is 31.5 Å². The molecule has 1 aliphatic rings. The van der Waals surface area contributed by atoms with Crippen LogP contribution in [0.25, 0.3) is 0 Å². The normalized spacial score (nSPS) is 18.8. The molecule has 1 aliphatic heterocycles. The highest BCUT2D eigenvalue weighted by atomic mass is 16.5. The van der Waals surface area contributed by atoms with Gasteiger partial charge in [0.25, 0.3) is 0 Å². The van der Waals surface area contributed by atoms with E-state index >= 15 is 0 Å². The predicted octanol–water partition coefficient (Wildman–Crippen LogP) is 0.960. The topological polar surface area (TPSA) is 88.1 Å². The summed E-state index contributed by atoms with van der Waals surface area (Å²) in [5.74, 6) is 0.0828. The quantitative estimate of drug-likeness (QED) is 0.475. The minimum atomic E-state index is -0.764. The number of hydrogen-bond acceptors (Lipinski definition) is 6. The second-order valence-electron chi connectivity index (χ2n) is 6.36. The minimum absolute atomic E-state index is 0.0121. The van der Waals surface area contributed by atoms with E-state index < -0.39 is 12.1 Å².